The van der Waals surface area contributed by atoms with E-state index in [-0.39, 0.29) is 0 Å². The van der Waals surface area contributed by atoms with Crippen molar-refractivity contribution in [2.45, 2.75) is 18.3 Å². The molecule has 2 saturated heterocycles. The zero-order valence-corrected chi connectivity index (χ0v) is 11.9. The monoisotopic (exact) mass is 287 g/mol. The number of thiazole rings is 1. The molecule has 6 heteroatoms. The third-order valence-electron chi connectivity index (χ3n) is 3.67. The Labute approximate surface area is 117 Å². The first kappa shape index (κ1) is 12.7. The third-order valence-corrected chi connectivity index (χ3v) is 4.90. The van der Waals surface area contributed by atoms with E-state index in [9.17, 15) is 0 Å². The number of alkyl halides is 1. The number of hydrogen-bond acceptors (Lipinski definition) is 5. The Morgan fingerprint density at radius 3 is 2.94 bits per heavy atom. The molecule has 0 saturated carbocycles. The smallest absolute Gasteiger partial charge is 0.185 e. The van der Waals surface area contributed by atoms with Crippen molar-refractivity contribution in [1.29, 1.82) is 0 Å². The van der Waals surface area contributed by atoms with Gasteiger partial charge >= 0.3 is 0 Å². The van der Waals surface area contributed by atoms with Crippen LogP contribution < -0.4 is 4.90 Å². The highest BCUT2D eigenvalue weighted by atomic mass is 35.5. The van der Waals surface area contributed by atoms with Crippen LogP contribution in [0.4, 0.5) is 5.13 Å². The van der Waals surface area contributed by atoms with Gasteiger partial charge in [-0.2, -0.15) is 0 Å². The summed E-state index contributed by atoms with van der Waals surface area (Å²) in [7, 11) is 0. The molecular formula is C12H18ClN3OS. The van der Waals surface area contributed by atoms with Crippen molar-refractivity contribution in [3.05, 3.63) is 11.1 Å². The van der Waals surface area contributed by atoms with E-state index in [1.807, 2.05) is 0 Å². The maximum absolute atomic E-state index is 5.80. The quantitative estimate of drug-likeness (QED) is 0.793. The first-order valence-electron chi connectivity index (χ1n) is 6.44. The van der Waals surface area contributed by atoms with E-state index in [4.69, 9.17) is 16.3 Å². The third kappa shape index (κ3) is 2.64. The summed E-state index contributed by atoms with van der Waals surface area (Å²) in [6, 6.07) is 0.664. The molecule has 0 aromatic carbocycles. The van der Waals surface area contributed by atoms with Crippen molar-refractivity contribution in [3.63, 3.8) is 0 Å². The maximum Gasteiger partial charge on any atom is 0.185 e. The molecule has 1 atom stereocenters. The number of hydrogen-bond donors (Lipinski definition) is 0. The minimum absolute atomic E-state index is 0.511. The van der Waals surface area contributed by atoms with E-state index in [1.54, 1.807) is 11.3 Å². The molecule has 1 unspecified atom stereocenters. The molecule has 3 heterocycles. The molecule has 100 valence electrons. The van der Waals surface area contributed by atoms with Crippen LogP contribution in [-0.2, 0) is 10.6 Å². The van der Waals surface area contributed by atoms with Gasteiger partial charge in [0.25, 0.3) is 0 Å². The molecule has 3 rings (SSSR count). The highest BCUT2D eigenvalue weighted by molar-refractivity contribution is 7.13. The second-order valence-corrected chi connectivity index (χ2v) is 5.90. The topological polar surface area (TPSA) is 28.6 Å². The summed E-state index contributed by atoms with van der Waals surface area (Å²) >= 11 is 7.51. The molecule has 2 aliphatic heterocycles. The molecule has 0 N–H and O–H groups in total. The first-order chi connectivity index (χ1) is 8.86. The predicted molar refractivity (Wildman–Crippen MR) is 74.7 cm³/mol. The maximum atomic E-state index is 5.80. The lowest BCUT2D eigenvalue weighted by atomic mass is 10.2. The minimum Gasteiger partial charge on any atom is -0.379 e. The van der Waals surface area contributed by atoms with Gasteiger partial charge in [-0.25, -0.2) is 4.98 Å². The predicted octanol–water partition coefficient (Wildman–Crippen LogP) is 1.79. The van der Waals surface area contributed by atoms with Crippen molar-refractivity contribution in [3.8, 4) is 0 Å². The van der Waals surface area contributed by atoms with E-state index >= 15 is 0 Å². The Morgan fingerprint density at radius 2 is 2.22 bits per heavy atom. The summed E-state index contributed by atoms with van der Waals surface area (Å²) in [5.74, 6) is 0.511. The zero-order valence-electron chi connectivity index (χ0n) is 10.3. The summed E-state index contributed by atoms with van der Waals surface area (Å²) in [5.41, 5.74) is 0.992. The van der Waals surface area contributed by atoms with Crippen molar-refractivity contribution in [2.75, 3.05) is 44.3 Å². The van der Waals surface area contributed by atoms with Crippen LogP contribution in [-0.4, -0.2) is 55.3 Å². The molecule has 2 aliphatic rings. The molecule has 0 spiro atoms. The standard InChI is InChI=1S/C12H18ClN3OS/c13-7-10-9-18-12(14-10)16-2-1-11(8-16)15-3-5-17-6-4-15/h9,11H,1-8H2. The molecule has 0 bridgehead atoms. The second-order valence-electron chi connectivity index (χ2n) is 4.79. The Hall–Kier alpha value is -0.360. The van der Waals surface area contributed by atoms with Gasteiger partial charge in [-0.15, -0.1) is 22.9 Å². The van der Waals surface area contributed by atoms with Gasteiger partial charge in [-0.3, -0.25) is 4.90 Å². The van der Waals surface area contributed by atoms with Crippen LogP contribution in [0.25, 0.3) is 0 Å². The average molecular weight is 288 g/mol. The number of rotatable bonds is 3. The van der Waals surface area contributed by atoms with E-state index in [1.165, 1.54) is 6.42 Å². The van der Waals surface area contributed by atoms with Gasteiger partial charge in [0.2, 0.25) is 0 Å². The van der Waals surface area contributed by atoms with Crippen LogP contribution in [0.3, 0.4) is 0 Å². The second kappa shape index (κ2) is 5.74. The fourth-order valence-corrected chi connectivity index (χ4v) is 3.75. The summed E-state index contributed by atoms with van der Waals surface area (Å²) in [6.45, 7) is 6.10. The lowest BCUT2D eigenvalue weighted by Crippen LogP contribution is -2.44. The van der Waals surface area contributed by atoms with Gasteiger partial charge in [0.05, 0.1) is 24.8 Å². The van der Waals surface area contributed by atoms with Gasteiger partial charge in [0, 0.05) is 37.6 Å². The number of morpholine rings is 1. The molecule has 1 aromatic rings. The van der Waals surface area contributed by atoms with Crippen LogP contribution in [0.15, 0.2) is 5.38 Å². The number of halogens is 1. The summed E-state index contributed by atoms with van der Waals surface area (Å²) in [5, 5.41) is 3.19. The molecule has 0 aliphatic carbocycles. The Bertz CT molecular complexity index is 394. The molecule has 1 aromatic heterocycles. The van der Waals surface area contributed by atoms with E-state index in [0.717, 1.165) is 50.2 Å². The van der Waals surface area contributed by atoms with Crippen LogP contribution >= 0.6 is 22.9 Å². The minimum atomic E-state index is 0.511. The van der Waals surface area contributed by atoms with E-state index in [2.05, 4.69) is 20.2 Å². The van der Waals surface area contributed by atoms with E-state index < -0.39 is 0 Å². The van der Waals surface area contributed by atoms with Crippen LogP contribution in [0.1, 0.15) is 12.1 Å². The molecular weight excluding hydrogens is 270 g/mol. The summed E-state index contributed by atoms with van der Waals surface area (Å²) in [4.78, 5) is 9.50. The van der Waals surface area contributed by atoms with Crippen LogP contribution in [0.2, 0.25) is 0 Å². The first-order valence-corrected chi connectivity index (χ1v) is 7.85. The molecule has 4 nitrogen and oxygen atoms in total. The fraction of sp³-hybridized carbons (Fsp3) is 0.750. The number of ether oxygens (including phenoxy) is 1. The lowest BCUT2D eigenvalue weighted by molar-refractivity contribution is 0.0209. The van der Waals surface area contributed by atoms with Gasteiger partial charge in [0.15, 0.2) is 5.13 Å². The SMILES string of the molecule is ClCc1csc(N2CCC(N3CCOCC3)C2)n1. The van der Waals surface area contributed by atoms with Crippen molar-refractivity contribution in [1.82, 2.24) is 9.88 Å². The Morgan fingerprint density at radius 1 is 1.39 bits per heavy atom. The molecule has 0 radical (unpaired) electrons. The van der Waals surface area contributed by atoms with Gasteiger partial charge in [-0.1, -0.05) is 0 Å². The van der Waals surface area contributed by atoms with Crippen molar-refractivity contribution < 1.29 is 4.74 Å². The van der Waals surface area contributed by atoms with Gasteiger partial charge < -0.3 is 9.64 Å². The van der Waals surface area contributed by atoms with Crippen molar-refractivity contribution >= 4 is 28.1 Å². The highest BCUT2D eigenvalue weighted by Crippen LogP contribution is 2.27. The van der Waals surface area contributed by atoms with E-state index in [0.29, 0.717) is 11.9 Å². The largest absolute Gasteiger partial charge is 0.379 e. The normalized spacial score (nSPS) is 25.8. The van der Waals surface area contributed by atoms with Crippen LogP contribution in [0.5, 0.6) is 0 Å². The van der Waals surface area contributed by atoms with Crippen LogP contribution in [0, 0.1) is 0 Å². The number of aromatic nitrogens is 1. The van der Waals surface area contributed by atoms with Gasteiger partial charge in [-0.05, 0) is 6.42 Å². The zero-order chi connectivity index (χ0) is 12.4. The Kier molecular flexibility index (Phi) is 4.03. The molecule has 18 heavy (non-hydrogen) atoms. The van der Waals surface area contributed by atoms with Gasteiger partial charge in [0.1, 0.15) is 0 Å². The Balaban J connectivity index is 1.60. The molecule has 0 amide bonds. The average Bonchev–Trinajstić information content (AvgIpc) is 3.08. The number of nitrogens with zero attached hydrogens (tertiary/aromatic N) is 3. The molecule has 2 fully saturated rings. The highest BCUT2D eigenvalue weighted by Gasteiger charge is 2.29. The fourth-order valence-electron chi connectivity index (χ4n) is 2.66. The lowest BCUT2D eigenvalue weighted by Gasteiger charge is -2.32. The summed E-state index contributed by atoms with van der Waals surface area (Å²) in [6.07, 6.45) is 1.23. The number of anilines is 1. The summed E-state index contributed by atoms with van der Waals surface area (Å²) < 4.78 is 5.41. The van der Waals surface area contributed by atoms with Crippen molar-refractivity contribution in [2.24, 2.45) is 0 Å².